The first-order chi connectivity index (χ1) is 6.01. The van der Waals surface area contributed by atoms with Gasteiger partial charge in [-0.15, -0.1) is 0 Å². The van der Waals surface area contributed by atoms with E-state index in [2.05, 4.69) is 20.8 Å². The molecule has 0 saturated carbocycles. The molecular weight excluding hydrogens is 176 g/mol. The van der Waals surface area contributed by atoms with Gasteiger partial charge in [-0.2, -0.15) is 0 Å². The lowest BCUT2D eigenvalue weighted by atomic mass is 9.94. The van der Waals surface area contributed by atoms with Gasteiger partial charge >= 0.3 is 5.97 Å². The van der Waals surface area contributed by atoms with Crippen LogP contribution in [0.3, 0.4) is 0 Å². The minimum Gasteiger partial charge on any atom is -0.457 e. The van der Waals surface area contributed by atoms with Crippen molar-refractivity contribution in [1.82, 2.24) is 0 Å². The highest BCUT2D eigenvalue weighted by Crippen LogP contribution is 2.19. The number of rotatable bonds is 1. The molecule has 2 nitrogen and oxygen atoms in total. The van der Waals surface area contributed by atoms with Crippen molar-refractivity contribution < 1.29 is 9.53 Å². The second kappa shape index (κ2) is 4.16. The Morgan fingerprint density at radius 3 is 1.79 bits per heavy atom. The maximum atomic E-state index is 11.5. The highest BCUT2D eigenvalue weighted by molar-refractivity contribution is 5.88. The first-order valence-electron chi connectivity index (χ1n) is 4.94. The van der Waals surface area contributed by atoms with E-state index in [-0.39, 0.29) is 11.4 Å². The number of ether oxygens (including phenoxy) is 1. The number of hydrogen-bond donors (Lipinski definition) is 0. The molecular formula is C12H22O2. The monoisotopic (exact) mass is 198 g/mol. The maximum Gasteiger partial charge on any atom is 0.333 e. The Kier molecular flexibility index (Phi) is 3.92. The summed E-state index contributed by atoms with van der Waals surface area (Å²) < 4.78 is 5.24. The quantitative estimate of drug-likeness (QED) is 0.477. The predicted molar refractivity (Wildman–Crippen MR) is 59.1 cm³/mol. The molecule has 0 fully saturated rings. The van der Waals surface area contributed by atoms with Crippen LogP contribution in [0.15, 0.2) is 11.6 Å². The van der Waals surface area contributed by atoms with E-state index in [0.717, 1.165) is 0 Å². The molecule has 0 aromatic heterocycles. The van der Waals surface area contributed by atoms with Crippen molar-refractivity contribution in [2.45, 2.75) is 54.1 Å². The van der Waals surface area contributed by atoms with Crippen LogP contribution in [0.4, 0.5) is 0 Å². The second-order valence-corrected chi connectivity index (χ2v) is 5.70. The van der Waals surface area contributed by atoms with E-state index in [9.17, 15) is 4.79 Å². The predicted octanol–water partition coefficient (Wildman–Crippen LogP) is 3.32. The topological polar surface area (TPSA) is 26.3 Å². The Hall–Kier alpha value is -0.790. The zero-order valence-corrected chi connectivity index (χ0v) is 10.4. The molecule has 2 heteroatoms. The van der Waals surface area contributed by atoms with Crippen LogP contribution in [-0.2, 0) is 9.53 Å². The molecule has 0 atom stereocenters. The maximum absolute atomic E-state index is 11.5. The molecule has 0 amide bonds. The van der Waals surface area contributed by atoms with E-state index < -0.39 is 5.60 Å². The van der Waals surface area contributed by atoms with Crippen molar-refractivity contribution in [3.63, 3.8) is 0 Å². The van der Waals surface area contributed by atoms with Crippen LogP contribution in [0.2, 0.25) is 0 Å². The molecule has 0 aliphatic rings. The summed E-state index contributed by atoms with van der Waals surface area (Å²) in [4.78, 5) is 11.5. The summed E-state index contributed by atoms with van der Waals surface area (Å²) in [5, 5.41) is 0. The largest absolute Gasteiger partial charge is 0.457 e. The molecule has 0 spiro atoms. The van der Waals surface area contributed by atoms with Gasteiger partial charge in [0.1, 0.15) is 5.60 Å². The second-order valence-electron chi connectivity index (χ2n) is 5.70. The third-order valence-corrected chi connectivity index (χ3v) is 1.37. The van der Waals surface area contributed by atoms with Crippen LogP contribution in [0.5, 0.6) is 0 Å². The van der Waals surface area contributed by atoms with Gasteiger partial charge in [-0.1, -0.05) is 26.8 Å². The molecule has 0 heterocycles. The van der Waals surface area contributed by atoms with Gasteiger partial charge in [0.05, 0.1) is 0 Å². The van der Waals surface area contributed by atoms with E-state index in [1.807, 2.05) is 26.8 Å². The van der Waals surface area contributed by atoms with Gasteiger partial charge in [-0.05, 0) is 33.1 Å². The van der Waals surface area contributed by atoms with Crippen LogP contribution in [0.1, 0.15) is 48.5 Å². The fourth-order valence-electron chi connectivity index (χ4n) is 1.07. The van der Waals surface area contributed by atoms with Crippen molar-refractivity contribution in [3.8, 4) is 0 Å². The Labute approximate surface area is 87.3 Å². The third kappa shape index (κ3) is 6.70. The van der Waals surface area contributed by atoms with Gasteiger partial charge in [-0.25, -0.2) is 4.79 Å². The number of carbonyl (C=O) groups is 1. The van der Waals surface area contributed by atoms with Crippen molar-refractivity contribution in [2.75, 3.05) is 0 Å². The molecule has 0 rings (SSSR count). The standard InChI is InChI=1S/C12H22O2/c1-9(8-11(2,3)4)10(13)14-12(5,6)7/h8H,1-7H3. The van der Waals surface area contributed by atoms with Gasteiger partial charge in [0.2, 0.25) is 0 Å². The summed E-state index contributed by atoms with van der Waals surface area (Å²) in [6.45, 7) is 13.6. The summed E-state index contributed by atoms with van der Waals surface area (Å²) in [6.07, 6.45) is 1.93. The lowest BCUT2D eigenvalue weighted by Gasteiger charge is -2.21. The molecule has 0 unspecified atom stereocenters. The molecule has 0 aromatic rings. The SMILES string of the molecule is CC(=CC(C)(C)C)C(=O)OC(C)(C)C. The molecule has 0 radical (unpaired) electrons. The van der Waals surface area contributed by atoms with Crippen LogP contribution in [-0.4, -0.2) is 11.6 Å². The third-order valence-electron chi connectivity index (χ3n) is 1.37. The summed E-state index contributed by atoms with van der Waals surface area (Å²) in [6, 6.07) is 0. The lowest BCUT2D eigenvalue weighted by molar-refractivity contribution is -0.149. The van der Waals surface area contributed by atoms with Gasteiger partial charge in [0.25, 0.3) is 0 Å². The summed E-state index contributed by atoms with van der Waals surface area (Å²) >= 11 is 0. The minimum atomic E-state index is -0.413. The van der Waals surface area contributed by atoms with E-state index >= 15 is 0 Å². The van der Waals surface area contributed by atoms with Gasteiger partial charge in [-0.3, -0.25) is 0 Å². The van der Waals surface area contributed by atoms with Crippen molar-refractivity contribution >= 4 is 5.97 Å². The Morgan fingerprint density at radius 1 is 1.07 bits per heavy atom. The Balaban J connectivity index is 4.50. The lowest BCUT2D eigenvalue weighted by Crippen LogP contribution is -2.24. The molecule has 0 bridgehead atoms. The number of hydrogen-bond acceptors (Lipinski definition) is 2. The van der Waals surface area contributed by atoms with E-state index in [1.54, 1.807) is 6.92 Å². The van der Waals surface area contributed by atoms with Crippen LogP contribution < -0.4 is 0 Å². The van der Waals surface area contributed by atoms with Crippen molar-refractivity contribution in [3.05, 3.63) is 11.6 Å². The Morgan fingerprint density at radius 2 is 1.50 bits per heavy atom. The summed E-state index contributed by atoms with van der Waals surface area (Å²) in [5.41, 5.74) is 0.276. The van der Waals surface area contributed by atoms with E-state index in [1.165, 1.54) is 0 Å². The zero-order valence-electron chi connectivity index (χ0n) is 10.4. The molecule has 0 aromatic carbocycles. The fourth-order valence-corrected chi connectivity index (χ4v) is 1.07. The van der Waals surface area contributed by atoms with Crippen LogP contribution in [0, 0.1) is 5.41 Å². The van der Waals surface area contributed by atoms with Gasteiger partial charge < -0.3 is 4.74 Å². The molecule has 82 valence electrons. The molecule has 14 heavy (non-hydrogen) atoms. The summed E-state index contributed by atoms with van der Waals surface area (Å²) in [7, 11) is 0. The molecule has 0 saturated heterocycles. The van der Waals surface area contributed by atoms with Crippen molar-refractivity contribution in [1.29, 1.82) is 0 Å². The molecule has 0 aliphatic heterocycles. The van der Waals surface area contributed by atoms with Crippen LogP contribution >= 0.6 is 0 Å². The zero-order chi connectivity index (χ0) is 11.6. The molecule has 0 N–H and O–H groups in total. The highest BCUT2D eigenvalue weighted by Gasteiger charge is 2.18. The fraction of sp³-hybridized carbons (Fsp3) is 0.750. The van der Waals surface area contributed by atoms with Crippen LogP contribution in [0.25, 0.3) is 0 Å². The van der Waals surface area contributed by atoms with Gasteiger partial charge in [0.15, 0.2) is 0 Å². The normalized spacial score (nSPS) is 14.1. The van der Waals surface area contributed by atoms with E-state index in [0.29, 0.717) is 5.57 Å². The minimum absolute atomic E-state index is 0.0149. The highest BCUT2D eigenvalue weighted by atomic mass is 16.6. The Bertz CT molecular complexity index is 236. The van der Waals surface area contributed by atoms with E-state index in [4.69, 9.17) is 4.74 Å². The smallest absolute Gasteiger partial charge is 0.333 e. The van der Waals surface area contributed by atoms with Gasteiger partial charge in [0, 0.05) is 5.57 Å². The number of esters is 1. The molecule has 0 aliphatic carbocycles. The number of carbonyl (C=O) groups excluding carboxylic acids is 1. The number of allylic oxidation sites excluding steroid dienone is 1. The average Bonchev–Trinajstić information content (AvgIpc) is 1.78. The average molecular weight is 198 g/mol. The first kappa shape index (κ1) is 13.2. The summed E-state index contributed by atoms with van der Waals surface area (Å²) in [5.74, 6) is -0.229. The first-order valence-corrected chi connectivity index (χ1v) is 4.94. The van der Waals surface area contributed by atoms with Crippen molar-refractivity contribution in [2.24, 2.45) is 5.41 Å².